The van der Waals surface area contributed by atoms with E-state index in [-0.39, 0.29) is 4.90 Å². The van der Waals surface area contributed by atoms with E-state index in [1.165, 1.54) is 14.0 Å². The molecule has 25 heavy (non-hydrogen) atoms. The smallest absolute Gasteiger partial charge is 0.322 e. The van der Waals surface area contributed by atoms with Crippen LogP contribution in [0.1, 0.15) is 6.92 Å². The highest BCUT2D eigenvalue weighted by molar-refractivity contribution is 7.89. The van der Waals surface area contributed by atoms with Gasteiger partial charge in [0.25, 0.3) is 5.91 Å². The molecule has 0 aliphatic carbocycles. The molecule has 0 radical (unpaired) electrons. The second kappa shape index (κ2) is 8.53. The molecule has 1 atom stereocenters. The highest BCUT2D eigenvalue weighted by Gasteiger charge is 2.26. The lowest BCUT2D eigenvalue weighted by molar-refractivity contribution is -0.154. The number of rotatable bonds is 6. The summed E-state index contributed by atoms with van der Waals surface area (Å²) in [5.41, 5.74) is 0. The van der Waals surface area contributed by atoms with E-state index in [1.54, 1.807) is 0 Å². The van der Waals surface area contributed by atoms with Gasteiger partial charge in [0, 0.05) is 14.1 Å². The summed E-state index contributed by atoms with van der Waals surface area (Å²) in [7, 11) is -1.59. The molecule has 3 amide bonds. The van der Waals surface area contributed by atoms with Crippen molar-refractivity contribution in [1.82, 2.24) is 14.9 Å². The number of halogens is 1. The quantitative estimate of drug-likeness (QED) is 0.666. The molecule has 138 valence electrons. The zero-order valence-corrected chi connectivity index (χ0v) is 14.6. The summed E-state index contributed by atoms with van der Waals surface area (Å²) < 4.78 is 42.8. The number of imide groups is 1. The SMILES string of the molecule is CNC(=O)NC(=O)[C@@H](C)OC(=O)CN(C)S(=O)(=O)c1ccc(F)cc1. The number of likely N-dealkylation sites (N-methyl/N-ethyl adjacent to an activating group) is 1. The fraction of sp³-hybridized carbons (Fsp3) is 0.357. The summed E-state index contributed by atoms with van der Waals surface area (Å²) in [5.74, 6) is -2.46. The number of carbonyl (C=O) groups excluding carboxylic acids is 3. The van der Waals surface area contributed by atoms with Crippen LogP contribution in [0.4, 0.5) is 9.18 Å². The molecule has 0 aromatic heterocycles. The number of nitrogens with one attached hydrogen (secondary N) is 2. The number of hydrogen-bond donors (Lipinski definition) is 2. The fourth-order valence-corrected chi connectivity index (χ4v) is 2.73. The fourth-order valence-electron chi connectivity index (χ4n) is 1.62. The number of benzene rings is 1. The van der Waals surface area contributed by atoms with Crippen molar-refractivity contribution in [3.05, 3.63) is 30.1 Å². The van der Waals surface area contributed by atoms with Crippen LogP contribution in [0.5, 0.6) is 0 Å². The minimum atomic E-state index is -4.03. The first-order valence-electron chi connectivity index (χ1n) is 7.02. The standard InChI is InChI=1S/C14H18FN3O6S/c1-9(13(20)17-14(21)16-2)24-12(19)8-18(3)25(22,23)11-6-4-10(15)5-7-11/h4-7,9H,8H2,1-3H3,(H2,16,17,20,21)/t9-/m1/s1. The molecule has 1 aromatic rings. The van der Waals surface area contributed by atoms with Crippen LogP contribution in [-0.4, -0.2) is 57.4 Å². The molecule has 0 saturated heterocycles. The second-order valence-corrected chi connectivity index (χ2v) is 6.96. The van der Waals surface area contributed by atoms with E-state index in [0.717, 1.165) is 31.3 Å². The highest BCUT2D eigenvalue weighted by atomic mass is 32.2. The normalized spacial score (nSPS) is 12.4. The van der Waals surface area contributed by atoms with Crippen molar-refractivity contribution < 1.29 is 31.9 Å². The van der Waals surface area contributed by atoms with Gasteiger partial charge in [-0.25, -0.2) is 17.6 Å². The first kappa shape index (κ1) is 20.5. The van der Waals surface area contributed by atoms with Crippen LogP contribution >= 0.6 is 0 Å². The van der Waals surface area contributed by atoms with E-state index >= 15 is 0 Å². The number of ether oxygens (including phenoxy) is 1. The minimum Gasteiger partial charge on any atom is -0.452 e. The summed E-state index contributed by atoms with van der Waals surface area (Å²) >= 11 is 0. The molecule has 0 bridgehead atoms. The van der Waals surface area contributed by atoms with E-state index in [2.05, 4.69) is 5.32 Å². The van der Waals surface area contributed by atoms with Crippen LogP contribution in [0.15, 0.2) is 29.2 Å². The number of nitrogens with zero attached hydrogens (tertiary/aromatic N) is 1. The lowest BCUT2D eigenvalue weighted by Crippen LogP contribution is -2.44. The Morgan fingerprint density at radius 2 is 1.80 bits per heavy atom. The Balaban J connectivity index is 2.68. The molecule has 9 nitrogen and oxygen atoms in total. The van der Waals surface area contributed by atoms with Crippen LogP contribution in [0.3, 0.4) is 0 Å². The van der Waals surface area contributed by atoms with Gasteiger partial charge in [0.2, 0.25) is 10.0 Å². The van der Waals surface area contributed by atoms with Crippen LogP contribution in [0, 0.1) is 5.82 Å². The van der Waals surface area contributed by atoms with Crippen molar-refractivity contribution >= 4 is 27.9 Å². The summed E-state index contributed by atoms with van der Waals surface area (Å²) in [6.45, 7) is 0.557. The predicted molar refractivity (Wildman–Crippen MR) is 84.4 cm³/mol. The van der Waals surface area contributed by atoms with Gasteiger partial charge in [-0.2, -0.15) is 4.31 Å². The van der Waals surface area contributed by atoms with E-state index in [1.807, 2.05) is 5.32 Å². The summed E-state index contributed by atoms with van der Waals surface area (Å²) in [4.78, 5) is 34.2. The first-order valence-corrected chi connectivity index (χ1v) is 8.46. The Kier molecular flexibility index (Phi) is 7.00. The largest absolute Gasteiger partial charge is 0.452 e. The van der Waals surface area contributed by atoms with Gasteiger partial charge in [-0.3, -0.25) is 14.9 Å². The summed E-state index contributed by atoms with van der Waals surface area (Å²) in [5, 5.41) is 4.07. The molecule has 2 N–H and O–H groups in total. The van der Waals surface area contributed by atoms with E-state index in [9.17, 15) is 27.2 Å². The van der Waals surface area contributed by atoms with Gasteiger partial charge < -0.3 is 10.1 Å². The number of amides is 3. The number of hydrogen-bond acceptors (Lipinski definition) is 6. The third kappa shape index (κ3) is 5.80. The maximum atomic E-state index is 12.9. The van der Waals surface area contributed by atoms with Gasteiger partial charge in [0.05, 0.1) is 4.90 Å². The zero-order chi connectivity index (χ0) is 19.2. The van der Waals surface area contributed by atoms with Crippen LogP contribution in [-0.2, 0) is 24.3 Å². The molecule has 1 aromatic carbocycles. The molecule has 1 rings (SSSR count). The topological polar surface area (TPSA) is 122 Å². The zero-order valence-electron chi connectivity index (χ0n) is 13.8. The van der Waals surface area contributed by atoms with Crippen molar-refractivity contribution in [2.45, 2.75) is 17.9 Å². The lowest BCUT2D eigenvalue weighted by Gasteiger charge is -2.18. The first-order chi connectivity index (χ1) is 11.6. The molecule has 0 spiro atoms. The Morgan fingerprint density at radius 1 is 1.24 bits per heavy atom. The third-order valence-electron chi connectivity index (χ3n) is 3.01. The van der Waals surface area contributed by atoms with Crippen LogP contribution < -0.4 is 10.6 Å². The second-order valence-electron chi connectivity index (χ2n) is 4.92. The number of esters is 1. The van der Waals surface area contributed by atoms with Crippen molar-refractivity contribution in [2.24, 2.45) is 0 Å². The maximum absolute atomic E-state index is 12.9. The van der Waals surface area contributed by atoms with Gasteiger partial charge in [0.15, 0.2) is 6.10 Å². The highest BCUT2D eigenvalue weighted by Crippen LogP contribution is 2.14. The van der Waals surface area contributed by atoms with Crippen molar-refractivity contribution in [1.29, 1.82) is 0 Å². The molecule has 0 fully saturated rings. The molecule has 0 heterocycles. The molecule has 0 aliphatic heterocycles. The third-order valence-corrected chi connectivity index (χ3v) is 4.83. The van der Waals surface area contributed by atoms with Gasteiger partial charge in [0.1, 0.15) is 12.4 Å². The maximum Gasteiger partial charge on any atom is 0.322 e. The Morgan fingerprint density at radius 3 is 2.32 bits per heavy atom. The molecular weight excluding hydrogens is 357 g/mol. The predicted octanol–water partition coefficient (Wildman–Crippen LogP) is -0.167. The van der Waals surface area contributed by atoms with Crippen molar-refractivity contribution in [2.75, 3.05) is 20.6 Å². The van der Waals surface area contributed by atoms with Gasteiger partial charge in [-0.15, -0.1) is 0 Å². The molecule has 0 unspecified atom stereocenters. The Hall–Kier alpha value is -2.53. The Labute approximate surface area is 144 Å². The molecule has 0 aliphatic rings. The van der Waals surface area contributed by atoms with Crippen molar-refractivity contribution in [3.63, 3.8) is 0 Å². The minimum absolute atomic E-state index is 0.199. The van der Waals surface area contributed by atoms with E-state index < -0.39 is 46.4 Å². The average molecular weight is 375 g/mol. The summed E-state index contributed by atoms with van der Waals surface area (Å²) in [6, 6.07) is 3.30. The average Bonchev–Trinajstić information content (AvgIpc) is 2.54. The van der Waals surface area contributed by atoms with Crippen LogP contribution in [0.25, 0.3) is 0 Å². The lowest BCUT2D eigenvalue weighted by atomic mass is 10.4. The monoisotopic (exact) mass is 375 g/mol. The molecular formula is C14H18FN3O6S. The molecule has 0 saturated carbocycles. The Bertz CT molecular complexity index is 750. The number of sulfonamides is 1. The van der Waals surface area contributed by atoms with Crippen LogP contribution in [0.2, 0.25) is 0 Å². The molecule has 11 heteroatoms. The van der Waals surface area contributed by atoms with Crippen molar-refractivity contribution in [3.8, 4) is 0 Å². The summed E-state index contributed by atoms with van der Waals surface area (Å²) in [6.07, 6.45) is -1.30. The van der Waals surface area contributed by atoms with Gasteiger partial charge in [-0.1, -0.05) is 0 Å². The van der Waals surface area contributed by atoms with E-state index in [4.69, 9.17) is 4.74 Å². The van der Waals surface area contributed by atoms with Gasteiger partial charge >= 0.3 is 12.0 Å². The number of urea groups is 1. The number of carbonyl (C=O) groups is 3. The van der Waals surface area contributed by atoms with Gasteiger partial charge in [-0.05, 0) is 31.2 Å². The van der Waals surface area contributed by atoms with E-state index in [0.29, 0.717) is 4.31 Å².